The third kappa shape index (κ3) is 5.84. The van der Waals surface area contributed by atoms with E-state index < -0.39 is 17.7 Å². The molecule has 158 valence electrons. The molecule has 1 aromatic carbocycles. The van der Waals surface area contributed by atoms with Crippen LogP contribution in [-0.2, 0) is 29.6 Å². The highest BCUT2D eigenvalue weighted by molar-refractivity contribution is 5.69. The molecule has 8 heteroatoms. The Hall–Kier alpha value is -4.30. The molecular weight excluding hydrogens is 398 g/mol. The summed E-state index contributed by atoms with van der Waals surface area (Å²) in [5.41, 5.74) is 7.94. The highest BCUT2D eigenvalue weighted by Crippen LogP contribution is 2.29. The molecule has 0 aromatic heterocycles. The van der Waals surface area contributed by atoms with Crippen molar-refractivity contribution in [2.45, 2.75) is 33.5 Å². The lowest BCUT2D eigenvalue weighted by Gasteiger charge is -2.28. The SMILES string of the molecule is CC(=O)OC(C)(OC(C)=O)c1ccc(C=C(N)C2=CC(=C(C#N)C#N)C=C(C)O2)cc1. The first-order chi connectivity index (χ1) is 14.6. The van der Waals surface area contributed by atoms with Gasteiger partial charge in [0.2, 0.25) is 0 Å². The first-order valence-corrected chi connectivity index (χ1v) is 9.17. The van der Waals surface area contributed by atoms with Crippen LogP contribution in [0.4, 0.5) is 0 Å². The summed E-state index contributed by atoms with van der Waals surface area (Å²) in [5.74, 6) is -1.97. The average molecular weight is 419 g/mol. The van der Waals surface area contributed by atoms with Crippen molar-refractivity contribution in [3.05, 3.63) is 75.9 Å². The number of ether oxygens (including phenoxy) is 3. The monoisotopic (exact) mass is 419 g/mol. The van der Waals surface area contributed by atoms with Crippen LogP contribution < -0.4 is 5.73 Å². The van der Waals surface area contributed by atoms with Gasteiger partial charge in [-0.2, -0.15) is 10.5 Å². The maximum absolute atomic E-state index is 11.4. The molecule has 0 unspecified atom stereocenters. The molecule has 1 aromatic rings. The fourth-order valence-corrected chi connectivity index (χ4v) is 2.89. The number of rotatable bonds is 5. The van der Waals surface area contributed by atoms with Gasteiger partial charge in [-0.15, -0.1) is 0 Å². The van der Waals surface area contributed by atoms with E-state index in [9.17, 15) is 9.59 Å². The first kappa shape index (κ1) is 23.0. The van der Waals surface area contributed by atoms with E-state index in [0.29, 0.717) is 28.2 Å². The van der Waals surface area contributed by atoms with Crippen LogP contribution in [0.5, 0.6) is 0 Å². The molecule has 0 saturated heterocycles. The van der Waals surface area contributed by atoms with E-state index in [1.54, 1.807) is 43.3 Å². The molecule has 0 saturated carbocycles. The van der Waals surface area contributed by atoms with Gasteiger partial charge in [0.15, 0.2) is 0 Å². The number of allylic oxidation sites excluding steroid dienone is 5. The van der Waals surface area contributed by atoms with Crippen LogP contribution in [0.2, 0.25) is 0 Å². The summed E-state index contributed by atoms with van der Waals surface area (Å²) in [6.07, 6.45) is 4.74. The molecule has 2 N–H and O–H groups in total. The normalized spacial score (nSPS) is 13.6. The van der Waals surface area contributed by atoms with Crippen molar-refractivity contribution >= 4 is 18.0 Å². The number of esters is 2. The van der Waals surface area contributed by atoms with Gasteiger partial charge in [0, 0.05) is 31.9 Å². The van der Waals surface area contributed by atoms with E-state index in [-0.39, 0.29) is 11.3 Å². The van der Waals surface area contributed by atoms with Crippen molar-refractivity contribution in [2.24, 2.45) is 5.73 Å². The van der Waals surface area contributed by atoms with Gasteiger partial charge >= 0.3 is 11.9 Å². The average Bonchev–Trinajstić information content (AvgIpc) is 2.67. The van der Waals surface area contributed by atoms with Gasteiger partial charge in [-0.3, -0.25) is 9.59 Å². The Labute approximate surface area is 180 Å². The zero-order chi connectivity index (χ0) is 23.2. The minimum absolute atomic E-state index is 0.0486. The van der Waals surface area contributed by atoms with Gasteiger partial charge < -0.3 is 19.9 Å². The second-order valence-corrected chi connectivity index (χ2v) is 6.77. The molecule has 0 atom stereocenters. The van der Waals surface area contributed by atoms with Crippen molar-refractivity contribution in [3.63, 3.8) is 0 Å². The maximum Gasteiger partial charge on any atom is 0.306 e. The Morgan fingerprint density at radius 3 is 2.10 bits per heavy atom. The summed E-state index contributed by atoms with van der Waals surface area (Å²) in [7, 11) is 0. The maximum atomic E-state index is 11.4. The molecule has 2 rings (SSSR count). The first-order valence-electron chi connectivity index (χ1n) is 9.17. The van der Waals surface area contributed by atoms with Crippen molar-refractivity contribution in [1.29, 1.82) is 10.5 Å². The van der Waals surface area contributed by atoms with Crippen LogP contribution in [0.25, 0.3) is 6.08 Å². The summed E-state index contributed by atoms with van der Waals surface area (Å²) < 4.78 is 16.0. The predicted molar refractivity (Wildman–Crippen MR) is 111 cm³/mol. The van der Waals surface area contributed by atoms with Crippen molar-refractivity contribution in [2.75, 3.05) is 0 Å². The number of carbonyl (C=O) groups is 2. The van der Waals surface area contributed by atoms with Crippen molar-refractivity contribution in [1.82, 2.24) is 0 Å². The second kappa shape index (κ2) is 9.47. The molecule has 0 amide bonds. The van der Waals surface area contributed by atoms with Crippen LogP contribution in [0, 0.1) is 22.7 Å². The van der Waals surface area contributed by atoms with E-state index >= 15 is 0 Å². The molecule has 1 aliphatic heterocycles. The number of nitriles is 2. The molecule has 1 heterocycles. The highest BCUT2D eigenvalue weighted by atomic mass is 16.7. The summed E-state index contributed by atoms with van der Waals surface area (Å²) >= 11 is 0. The van der Waals surface area contributed by atoms with Crippen LogP contribution in [0.1, 0.15) is 38.8 Å². The van der Waals surface area contributed by atoms with E-state index in [1.807, 2.05) is 12.1 Å². The zero-order valence-electron chi connectivity index (χ0n) is 17.6. The molecule has 0 spiro atoms. The lowest BCUT2D eigenvalue weighted by atomic mass is 10.0. The fourth-order valence-electron chi connectivity index (χ4n) is 2.89. The zero-order valence-corrected chi connectivity index (χ0v) is 17.6. The number of carbonyl (C=O) groups excluding carboxylic acids is 2. The summed E-state index contributed by atoms with van der Waals surface area (Å²) in [5, 5.41) is 18.2. The molecule has 0 aliphatic carbocycles. The number of nitrogens with two attached hydrogens (primary N) is 1. The Morgan fingerprint density at radius 2 is 1.61 bits per heavy atom. The van der Waals surface area contributed by atoms with Crippen LogP contribution in [0.15, 0.2) is 64.8 Å². The van der Waals surface area contributed by atoms with Gasteiger partial charge in [0.25, 0.3) is 5.79 Å². The summed E-state index contributed by atoms with van der Waals surface area (Å²) in [6, 6.07) is 10.4. The molecule has 31 heavy (non-hydrogen) atoms. The highest BCUT2D eigenvalue weighted by Gasteiger charge is 2.33. The van der Waals surface area contributed by atoms with Crippen molar-refractivity contribution in [3.8, 4) is 12.1 Å². The predicted octanol–water partition coefficient (Wildman–Crippen LogP) is 3.45. The Balaban J connectivity index is 2.36. The van der Waals surface area contributed by atoms with Gasteiger partial charge in [-0.05, 0) is 30.7 Å². The van der Waals surface area contributed by atoms with Crippen LogP contribution in [-0.4, -0.2) is 11.9 Å². The Kier molecular flexibility index (Phi) is 7.02. The fraction of sp³-hybridized carbons (Fsp3) is 0.217. The standard InChI is InChI=1S/C23H21N3O5/c1-14-9-18(19(12-24)13-25)11-22(29-14)21(26)10-17-5-7-20(8-6-17)23(4,30-15(2)27)31-16(3)28/h5-11H,26H2,1-4H3. The molecule has 8 nitrogen and oxygen atoms in total. The van der Waals surface area contributed by atoms with E-state index in [0.717, 1.165) is 0 Å². The molecule has 1 aliphatic rings. The summed E-state index contributed by atoms with van der Waals surface area (Å²) in [6.45, 7) is 5.61. The van der Waals surface area contributed by atoms with E-state index in [4.69, 9.17) is 30.5 Å². The third-order valence-electron chi connectivity index (χ3n) is 4.15. The number of benzene rings is 1. The Bertz CT molecular complexity index is 1080. The van der Waals surface area contributed by atoms with Gasteiger partial charge in [0.1, 0.15) is 29.2 Å². The third-order valence-corrected chi connectivity index (χ3v) is 4.15. The smallest absolute Gasteiger partial charge is 0.306 e. The molecular formula is C23H21N3O5. The topological polar surface area (TPSA) is 135 Å². The molecule has 0 bridgehead atoms. The van der Waals surface area contributed by atoms with E-state index in [2.05, 4.69) is 0 Å². The van der Waals surface area contributed by atoms with Gasteiger partial charge in [-0.25, -0.2) is 0 Å². The van der Waals surface area contributed by atoms with Gasteiger partial charge in [0.05, 0.1) is 5.70 Å². The quantitative estimate of drug-likeness (QED) is 0.435. The van der Waals surface area contributed by atoms with E-state index in [1.165, 1.54) is 26.8 Å². The number of hydrogen-bond acceptors (Lipinski definition) is 8. The Morgan fingerprint density at radius 1 is 1.06 bits per heavy atom. The van der Waals surface area contributed by atoms with Crippen LogP contribution in [0.3, 0.4) is 0 Å². The largest absolute Gasteiger partial charge is 0.460 e. The summed E-state index contributed by atoms with van der Waals surface area (Å²) in [4.78, 5) is 22.9. The lowest BCUT2D eigenvalue weighted by Crippen LogP contribution is -2.33. The number of nitrogens with zero attached hydrogens (tertiary/aromatic N) is 2. The van der Waals surface area contributed by atoms with Crippen molar-refractivity contribution < 1.29 is 23.8 Å². The minimum atomic E-state index is -1.56. The number of hydrogen-bond donors (Lipinski definition) is 1. The lowest BCUT2D eigenvalue weighted by molar-refractivity contribution is -0.224. The van der Waals surface area contributed by atoms with Crippen LogP contribution >= 0.6 is 0 Å². The second-order valence-electron chi connectivity index (χ2n) is 6.77. The molecule has 0 fully saturated rings. The molecule has 0 radical (unpaired) electrons. The van der Waals surface area contributed by atoms with Gasteiger partial charge in [-0.1, -0.05) is 24.3 Å². The minimum Gasteiger partial charge on any atom is -0.460 e.